The first-order valence-electron chi connectivity index (χ1n) is 12.0. The van der Waals surface area contributed by atoms with Crippen LogP contribution in [0.5, 0.6) is 0 Å². The zero-order chi connectivity index (χ0) is 24.1. The van der Waals surface area contributed by atoms with E-state index in [-0.39, 0.29) is 18.4 Å². The molecule has 178 valence electrons. The van der Waals surface area contributed by atoms with Crippen LogP contribution in [0.4, 0.5) is 0 Å². The van der Waals surface area contributed by atoms with Crippen molar-refractivity contribution < 1.29 is 14.3 Å². The monoisotopic (exact) mass is 459 g/mol. The number of benzene rings is 2. The molecule has 6 nitrogen and oxygen atoms in total. The Morgan fingerprint density at radius 1 is 0.882 bits per heavy atom. The first-order chi connectivity index (χ1) is 16.5. The second kappa shape index (κ2) is 10.7. The highest BCUT2D eigenvalue weighted by Crippen LogP contribution is 2.32. The van der Waals surface area contributed by atoms with Crippen LogP contribution in [0.2, 0.25) is 0 Å². The van der Waals surface area contributed by atoms with E-state index in [2.05, 4.69) is 29.2 Å². The Balaban J connectivity index is 1.52. The van der Waals surface area contributed by atoms with Crippen molar-refractivity contribution in [3.8, 4) is 11.3 Å². The van der Waals surface area contributed by atoms with E-state index >= 15 is 0 Å². The third-order valence-corrected chi connectivity index (χ3v) is 6.56. The van der Waals surface area contributed by atoms with Gasteiger partial charge < -0.3 is 14.2 Å². The van der Waals surface area contributed by atoms with E-state index in [9.17, 15) is 9.59 Å². The summed E-state index contributed by atoms with van der Waals surface area (Å²) in [5.41, 5.74) is 5.35. The summed E-state index contributed by atoms with van der Waals surface area (Å²) in [6.07, 6.45) is 0. The van der Waals surface area contributed by atoms with Gasteiger partial charge in [0.25, 0.3) is 0 Å². The molecule has 0 radical (unpaired) electrons. The second-order valence-corrected chi connectivity index (χ2v) is 8.75. The average molecular weight is 460 g/mol. The van der Waals surface area contributed by atoms with Crippen LogP contribution in [-0.4, -0.2) is 59.0 Å². The summed E-state index contributed by atoms with van der Waals surface area (Å²) >= 11 is 0. The van der Waals surface area contributed by atoms with E-state index in [1.165, 1.54) is 5.56 Å². The Hall–Kier alpha value is -3.38. The van der Waals surface area contributed by atoms with E-state index in [0.29, 0.717) is 25.3 Å². The number of hydrogen-bond donors (Lipinski definition) is 0. The molecular formula is C28H33N3O3. The molecule has 1 aliphatic rings. The van der Waals surface area contributed by atoms with Gasteiger partial charge in [0.05, 0.1) is 17.9 Å². The molecule has 2 heterocycles. The molecule has 34 heavy (non-hydrogen) atoms. The molecule has 0 saturated carbocycles. The molecule has 0 atom stereocenters. The number of hydrogen-bond acceptors (Lipinski definition) is 4. The Morgan fingerprint density at radius 3 is 2.12 bits per heavy atom. The number of esters is 1. The summed E-state index contributed by atoms with van der Waals surface area (Å²) in [7, 11) is 0. The zero-order valence-electron chi connectivity index (χ0n) is 20.3. The standard InChI is InChI=1S/C28H33N3O3/c1-4-34-28(33)26-21(2)27(24-13-9-6-10-14-24)31(22(26)3)20-25(32)30-17-15-29(16-18-30)19-23-11-7-5-8-12-23/h5-14H,4,15-20H2,1-3H3. The van der Waals surface area contributed by atoms with Gasteiger partial charge in [-0.15, -0.1) is 0 Å². The van der Waals surface area contributed by atoms with Crippen molar-refractivity contribution >= 4 is 11.9 Å². The lowest BCUT2D eigenvalue weighted by atomic mass is 10.1. The highest BCUT2D eigenvalue weighted by Gasteiger charge is 2.27. The summed E-state index contributed by atoms with van der Waals surface area (Å²) in [6, 6.07) is 20.4. The number of amides is 1. The maximum absolute atomic E-state index is 13.4. The molecule has 0 N–H and O–H groups in total. The summed E-state index contributed by atoms with van der Waals surface area (Å²) in [5, 5.41) is 0. The third kappa shape index (κ3) is 5.07. The molecule has 0 bridgehead atoms. The minimum Gasteiger partial charge on any atom is -0.462 e. The Labute approximate surface area is 201 Å². The van der Waals surface area contributed by atoms with Crippen molar-refractivity contribution in [3.05, 3.63) is 83.0 Å². The van der Waals surface area contributed by atoms with Crippen molar-refractivity contribution in [1.82, 2.24) is 14.4 Å². The van der Waals surface area contributed by atoms with Crippen LogP contribution in [0.3, 0.4) is 0 Å². The van der Waals surface area contributed by atoms with Crippen molar-refractivity contribution in [2.75, 3.05) is 32.8 Å². The summed E-state index contributed by atoms with van der Waals surface area (Å²) in [5.74, 6) is -0.263. The van der Waals surface area contributed by atoms with Gasteiger partial charge in [-0.05, 0) is 37.5 Å². The molecule has 1 aliphatic heterocycles. The number of nitrogens with zero attached hydrogens (tertiary/aromatic N) is 3. The molecule has 0 spiro atoms. The Bertz CT molecular complexity index is 1130. The molecule has 1 saturated heterocycles. The lowest BCUT2D eigenvalue weighted by molar-refractivity contribution is -0.133. The molecular weight excluding hydrogens is 426 g/mol. The molecule has 0 aliphatic carbocycles. The largest absolute Gasteiger partial charge is 0.462 e. The highest BCUT2D eigenvalue weighted by molar-refractivity contribution is 5.95. The minimum absolute atomic E-state index is 0.0741. The number of carbonyl (C=O) groups excluding carboxylic acids is 2. The Morgan fingerprint density at radius 2 is 1.50 bits per heavy atom. The van der Waals surface area contributed by atoms with E-state index in [1.54, 1.807) is 6.92 Å². The molecule has 2 aromatic carbocycles. The molecule has 6 heteroatoms. The van der Waals surface area contributed by atoms with E-state index in [1.807, 2.05) is 59.7 Å². The van der Waals surface area contributed by atoms with Crippen LogP contribution in [0.15, 0.2) is 60.7 Å². The van der Waals surface area contributed by atoms with Crippen LogP contribution in [0, 0.1) is 13.8 Å². The number of rotatable bonds is 7. The third-order valence-electron chi connectivity index (χ3n) is 6.56. The van der Waals surface area contributed by atoms with Crippen molar-refractivity contribution in [2.24, 2.45) is 0 Å². The van der Waals surface area contributed by atoms with Gasteiger partial charge in [0, 0.05) is 38.4 Å². The van der Waals surface area contributed by atoms with Gasteiger partial charge in [0.15, 0.2) is 0 Å². The van der Waals surface area contributed by atoms with Gasteiger partial charge >= 0.3 is 5.97 Å². The number of ether oxygens (including phenoxy) is 1. The fourth-order valence-electron chi connectivity index (χ4n) is 4.80. The van der Waals surface area contributed by atoms with Crippen LogP contribution >= 0.6 is 0 Å². The first-order valence-corrected chi connectivity index (χ1v) is 12.0. The summed E-state index contributed by atoms with van der Waals surface area (Å²) in [6.45, 7) is 10.2. The smallest absolute Gasteiger partial charge is 0.340 e. The van der Waals surface area contributed by atoms with Crippen molar-refractivity contribution in [2.45, 2.75) is 33.9 Å². The van der Waals surface area contributed by atoms with Gasteiger partial charge in [-0.2, -0.15) is 0 Å². The number of carbonyl (C=O) groups is 2. The zero-order valence-corrected chi connectivity index (χ0v) is 20.3. The van der Waals surface area contributed by atoms with Crippen molar-refractivity contribution in [3.63, 3.8) is 0 Å². The molecule has 1 amide bonds. The summed E-state index contributed by atoms with van der Waals surface area (Å²) in [4.78, 5) is 30.4. The normalized spacial score (nSPS) is 14.3. The lowest BCUT2D eigenvalue weighted by Gasteiger charge is -2.35. The maximum Gasteiger partial charge on any atom is 0.340 e. The predicted octanol–water partition coefficient (Wildman–Crippen LogP) is 4.29. The Kier molecular flexibility index (Phi) is 7.48. The number of piperazine rings is 1. The molecule has 0 unspecified atom stereocenters. The minimum atomic E-state index is -0.338. The maximum atomic E-state index is 13.4. The van der Waals surface area contributed by atoms with Crippen LogP contribution < -0.4 is 0 Å². The van der Waals surface area contributed by atoms with E-state index in [0.717, 1.165) is 42.1 Å². The van der Waals surface area contributed by atoms with Crippen molar-refractivity contribution in [1.29, 1.82) is 0 Å². The quantitative estimate of drug-likeness (QED) is 0.495. The van der Waals surface area contributed by atoms with E-state index in [4.69, 9.17) is 4.74 Å². The predicted molar refractivity (Wildman–Crippen MR) is 134 cm³/mol. The van der Waals surface area contributed by atoms with Crippen LogP contribution in [0.25, 0.3) is 11.3 Å². The second-order valence-electron chi connectivity index (χ2n) is 8.75. The van der Waals surface area contributed by atoms with Crippen LogP contribution in [0.1, 0.15) is 34.1 Å². The topological polar surface area (TPSA) is 54.8 Å². The fourth-order valence-corrected chi connectivity index (χ4v) is 4.80. The van der Waals surface area contributed by atoms with Crippen LogP contribution in [-0.2, 0) is 22.6 Å². The van der Waals surface area contributed by atoms with Gasteiger partial charge in [-0.25, -0.2) is 4.79 Å². The van der Waals surface area contributed by atoms with Gasteiger partial charge in [0.2, 0.25) is 5.91 Å². The highest BCUT2D eigenvalue weighted by atomic mass is 16.5. The molecule has 3 aromatic rings. The molecule has 1 fully saturated rings. The average Bonchev–Trinajstić information content (AvgIpc) is 3.10. The molecule has 1 aromatic heterocycles. The lowest BCUT2D eigenvalue weighted by Crippen LogP contribution is -2.49. The van der Waals surface area contributed by atoms with Gasteiger partial charge in [-0.1, -0.05) is 60.7 Å². The van der Waals surface area contributed by atoms with Gasteiger partial charge in [-0.3, -0.25) is 9.69 Å². The number of aromatic nitrogens is 1. The summed E-state index contributed by atoms with van der Waals surface area (Å²) < 4.78 is 7.30. The van der Waals surface area contributed by atoms with Gasteiger partial charge in [0.1, 0.15) is 6.54 Å². The molecule has 4 rings (SSSR count). The van der Waals surface area contributed by atoms with E-state index < -0.39 is 0 Å². The SMILES string of the molecule is CCOC(=O)c1c(C)c(-c2ccccc2)n(CC(=O)N2CCN(Cc3ccccc3)CC2)c1C. The fraction of sp³-hybridized carbons (Fsp3) is 0.357. The first kappa shape index (κ1) is 23.8.